The lowest BCUT2D eigenvalue weighted by molar-refractivity contribution is -0.116. The van der Waals surface area contributed by atoms with Gasteiger partial charge in [0, 0.05) is 30.0 Å². The van der Waals surface area contributed by atoms with Crippen LogP contribution < -0.4 is 15.4 Å². The smallest absolute Gasteiger partial charge is 0.255 e. The van der Waals surface area contributed by atoms with Crippen LogP contribution in [0.5, 0.6) is 5.75 Å². The fourth-order valence-corrected chi connectivity index (χ4v) is 2.49. The molecule has 0 unspecified atom stereocenters. The Bertz CT molecular complexity index is 755. The first-order valence-corrected chi connectivity index (χ1v) is 9.49. The predicted octanol–water partition coefficient (Wildman–Crippen LogP) is 4.34. The summed E-state index contributed by atoms with van der Waals surface area (Å²) in [6.07, 6.45) is 0.476. The highest BCUT2D eigenvalue weighted by atomic mass is 16.5. The molecule has 0 spiro atoms. The number of nitrogens with one attached hydrogen (secondary N) is 2. The molecular formula is C22H28N2O4. The molecule has 6 heteroatoms. The maximum absolute atomic E-state index is 12.4. The van der Waals surface area contributed by atoms with E-state index in [1.807, 2.05) is 20.8 Å². The van der Waals surface area contributed by atoms with E-state index in [2.05, 4.69) is 10.6 Å². The van der Waals surface area contributed by atoms with Crippen LogP contribution in [0, 0.1) is 5.92 Å². The van der Waals surface area contributed by atoms with Crippen molar-refractivity contribution in [2.24, 2.45) is 5.92 Å². The van der Waals surface area contributed by atoms with Crippen molar-refractivity contribution in [3.8, 4) is 5.75 Å². The third kappa shape index (κ3) is 7.40. The van der Waals surface area contributed by atoms with Gasteiger partial charge in [-0.1, -0.05) is 13.8 Å². The lowest BCUT2D eigenvalue weighted by atomic mass is 10.1. The standard InChI is InChI=1S/C22H28N2O4/c1-4-27-13-14-28-20-11-5-17(6-12-20)22(26)24-19-9-7-18(8-10-19)23-21(25)15-16(2)3/h5-12,16H,4,13-15H2,1-3H3,(H,23,25)(H,24,26). The number of carbonyl (C=O) groups is 2. The van der Waals surface area contributed by atoms with E-state index in [-0.39, 0.29) is 11.8 Å². The van der Waals surface area contributed by atoms with Gasteiger partial charge >= 0.3 is 0 Å². The zero-order valence-electron chi connectivity index (χ0n) is 16.7. The molecule has 0 aliphatic rings. The molecule has 0 aromatic heterocycles. The van der Waals surface area contributed by atoms with E-state index in [0.717, 1.165) is 0 Å². The zero-order valence-corrected chi connectivity index (χ0v) is 16.7. The molecule has 2 amide bonds. The average Bonchev–Trinajstić information content (AvgIpc) is 2.66. The summed E-state index contributed by atoms with van der Waals surface area (Å²) < 4.78 is 10.8. The van der Waals surface area contributed by atoms with Crippen molar-refractivity contribution in [2.45, 2.75) is 27.2 Å². The van der Waals surface area contributed by atoms with Crippen molar-refractivity contribution < 1.29 is 19.1 Å². The number of hydrogen-bond acceptors (Lipinski definition) is 4. The average molecular weight is 384 g/mol. The molecular weight excluding hydrogens is 356 g/mol. The molecule has 0 bridgehead atoms. The summed E-state index contributed by atoms with van der Waals surface area (Å²) in [5.74, 6) is 0.769. The molecule has 0 fully saturated rings. The first-order valence-electron chi connectivity index (χ1n) is 9.49. The van der Waals surface area contributed by atoms with Gasteiger partial charge in [0.1, 0.15) is 12.4 Å². The third-order valence-corrected chi connectivity index (χ3v) is 3.84. The SMILES string of the molecule is CCOCCOc1ccc(C(=O)Nc2ccc(NC(=O)CC(C)C)cc2)cc1. The Kier molecular flexibility index (Phi) is 8.49. The van der Waals surface area contributed by atoms with Gasteiger partial charge in [-0.15, -0.1) is 0 Å². The van der Waals surface area contributed by atoms with Gasteiger partial charge in [0.25, 0.3) is 5.91 Å². The van der Waals surface area contributed by atoms with Crippen LogP contribution in [0.4, 0.5) is 11.4 Å². The van der Waals surface area contributed by atoms with Gasteiger partial charge < -0.3 is 20.1 Å². The summed E-state index contributed by atoms with van der Waals surface area (Å²) >= 11 is 0. The summed E-state index contributed by atoms with van der Waals surface area (Å²) in [7, 11) is 0. The van der Waals surface area contributed by atoms with Gasteiger partial charge in [-0.3, -0.25) is 9.59 Å². The number of ether oxygens (including phenoxy) is 2. The van der Waals surface area contributed by atoms with Crippen LogP contribution in [-0.4, -0.2) is 31.6 Å². The van der Waals surface area contributed by atoms with Crippen molar-refractivity contribution in [3.63, 3.8) is 0 Å². The fourth-order valence-electron chi connectivity index (χ4n) is 2.49. The van der Waals surface area contributed by atoms with Crippen LogP contribution in [0.15, 0.2) is 48.5 Å². The highest BCUT2D eigenvalue weighted by Gasteiger charge is 2.08. The summed E-state index contributed by atoms with van der Waals surface area (Å²) in [5.41, 5.74) is 1.90. The van der Waals surface area contributed by atoms with Gasteiger partial charge in [0.05, 0.1) is 6.61 Å². The summed E-state index contributed by atoms with van der Waals surface area (Å²) in [6.45, 7) is 7.60. The van der Waals surface area contributed by atoms with Crippen LogP contribution >= 0.6 is 0 Å². The Hall–Kier alpha value is -2.86. The molecule has 2 rings (SSSR count). The summed E-state index contributed by atoms with van der Waals surface area (Å²) in [6, 6.07) is 14.0. The third-order valence-electron chi connectivity index (χ3n) is 3.84. The number of carbonyl (C=O) groups excluding carboxylic acids is 2. The Morgan fingerprint density at radius 2 is 1.50 bits per heavy atom. The lowest BCUT2D eigenvalue weighted by Gasteiger charge is -2.10. The maximum Gasteiger partial charge on any atom is 0.255 e. The minimum absolute atomic E-state index is 0.0182. The molecule has 0 saturated carbocycles. The minimum atomic E-state index is -0.211. The number of rotatable bonds is 10. The molecule has 6 nitrogen and oxygen atoms in total. The van der Waals surface area contributed by atoms with Crippen LogP contribution in [0.2, 0.25) is 0 Å². The second kappa shape index (κ2) is 11.1. The van der Waals surface area contributed by atoms with E-state index in [4.69, 9.17) is 9.47 Å². The van der Waals surface area contributed by atoms with Crippen molar-refractivity contribution in [3.05, 3.63) is 54.1 Å². The highest BCUT2D eigenvalue weighted by Crippen LogP contribution is 2.17. The Balaban J connectivity index is 1.85. The van der Waals surface area contributed by atoms with E-state index >= 15 is 0 Å². The first kappa shape index (κ1) is 21.4. The Morgan fingerprint density at radius 3 is 2.07 bits per heavy atom. The van der Waals surface area contributed by atoms with Crippen molar-refractivity contribution in [1.82, 2.24) is 0 Å². The van der Waals surface area contributed by atoms with Crippen LogP contribution in [0.3, 0.4) is 0 Å². The monoisotopic (exact) mass is 384 g/mol. The van der Waals surface area contributed by atoms with Crippen LogP contribution in [0.1, 0.15) is 37.6 Å². The molecule has 2 N–H and O–H groups in total. The molecule has 28 heavy (non-hydrogen) atoms. The molecule has 150 valence electrons. The number of hydrogen-bond donors (Lipinski definition) is 2. The van der Waals surface area contributed by atoms with Gasteiger partial charge in [-0.25, -0.2) is 0 Å². The maximum atomic E-state index is 12.4. The van der Waals surface area contributed by atoms with E-state index in [9.17, 15) is 9.59 Å². The first-order chi connectivity index (χ1) is 13.5. The lowest BCUT2D eigenvalue weighted by Crippen LogP contribution is -2.14. The van der Waals surface area contributed by atoms with Gasteiger partial charge in [-0.2, -0.15) is 0 Å². The Morgan fingerprint density at radius 1 is 0.893 bits per heavy atom. The largest absolute Gasteiger partial charge is 0.491 e. The minimum Gasteiger partial charge on any atom is -0.491 e. The van der Waals surface area contributed by atoms with E-state index in [1.165, 1.54) is 0 Å². The van der Waals surface area contributed by atoms with Crippen molar-refractivity contribution in [2.75, 3.05) is 30.5 Å². The topological polar surface area (TPSA) is 76.7 Å². The second-order valence-electron chi connectivity index (χ2n) is 6.75. The normalized spacial score (nSPS) is 10.6. The molecule has 0 atom stereocenters. The van der Waals surface area contributed by atoms with Crippen molar-refractivity contribution in [1.29, 1.82) is 0 Å². The molecule has 0 aliphatic heterocycles. The van der Waals surface area contributed by atoms with Gasteiger partial charge in [-0.05, 0) is 61.4 Å². The predicted molar refractivity (Wildman–Crippen MR) is 111 cm³/mol. The van der Waals surface area contributed by atoms with E-state index < -0.39 is 0 Å². The number of benzene rings is 2. The highest BCUT2D eigenvalue weighted by molar-refractivity contribution is 6.04. The van der Waals surface area contributed by atoms with Crippen LogP contribution in [-0.2, 0) is 9.53 Å². The summed E-state index contributed by atoms with van der Waals surface area (Å²) in [4.78, 5) is 24.2. The molecule has 0 radical (unpaired) electrons. The molecule has 2 aromatic carbocycles. The van der Waals surface area contributed by atoms with Gasteiger partial charge in [0.15, 0.2) is 0 Å². The molecule has 0 aliphatic carbocycles. The molecule has 0 heterocycles. The summed E-state index contributed by atoms with van der Waals surface area (Å²) in [5, 5.41) is 5.68. The van der Waals surface area contributed by atoms with Crippen molar-refractivity contribution >= 4 is 23.2 Å². The number of anilines is 2. The molecule has 0 saturated heterocycles. The van der Waals surface area contributed by atoms with E-state index in [1.54, 1.807) is 48.5 Å². The Labute approximate surface area is 166 Å². The quantitative estimate of drug-likeness (QED) is 0.598. The zero-order chi connectivity index (χ0) is 20.4. The van der Waals surface area contributed by atoms with Crippen LogP contribution in [0.25, 0.3) is 0 Å². The molecule has 2 aromatic rings. The fraction of sp³-hybridized carbons (Fsp3) is 0.364. The second-order valence-corrected chi connectivity index (χ2v) is 6.75. The van der Waals surface area contributed by atoms with E-state index in [0.29, 0.717) is 54.8 Å². The van der Waals surface area contributed by atoms with Gasteiger partial charge in [0.2, 0.25) is 5.91 Å². The number of amides is 2.